The highest BCUT2D eigenvalue weighted by atomic mass is 14.6. The van der Waals surface area contributed by atoms with E-state index in [2.05, 4.69) is 38.7 Å². The Morgan fingerprint density at radius 3 is 2.46 bits per heavy atom. The summed E-state index contributed by atoms with van der Waals surface area (Å²) in [6.07, 6.45) is 6.27. The lowest BCUT2D eigenvalue weighted by Gasteiger charge is -2.18. The second kappa shape index (κ2) is 3.91. The van der Waals surface area contributed by atoms with Crippen LogP contribution in [0.25, 0.3) is 0 Å². The van der Waals surface area contributed by atoms with Crippen molar-refractivity contribution < 1.29 is 0 Å². The van der Waals surface area contributed by atoms with Crippen LogP contribution < -0.4 is 0 Å². The molecular weight excluding hydrogens is 158 g/mol. The molecule has 0 fully saturated rings. The fourth-order valence-corrected chi connectivity index (χ4v) is 1.32. The van der Waals surface area contributed by atoms with Gasteiger partial charge in [0.2, 0.25) is 0 Å². The summed E-state index contributed by atoms with van der Waals surface area (Å²) >= 11 is 0. The molecule has 0 bridgehead atoms. The summed E-state index contributed by atoms with van der Waals surface area (Å²) in [6, 6.07) is 2.27. The Balaban J connectivity index is 2.92. The summed E-state index contributed by atoms with van der Waals surface area (Å²) in [4.78, 5) is 4.27. The first kappa shape index (κ1) is 10.2. The van der Waals surface area contributed by atoms with Gasteiger partial charge in [-0.05, 0) is 23.0 Å². The van der Waals surface area contributed by atoms with Gasteiger partial charge in [0, 0.05) is 12.4 Å². The highest BCUT2D eigenvalue weighted by Gasteiger charge is 2.13. The molecule has 0 aliphatic carbocycles. The molecule has 0 spiro atoms. The second-order valence-electron chi connectivity index (χ2n) is 4.58. The maximum Gasteiger partial charge on any atom is 0.0305 e. The van der Waals surface area contributed by atoms with Gasteiger partial charge < -0.3 is 0 Å². The van der Waals surface area contributed by atoms with Crippen LogP contribution in [-0.2, 0) is 11.8 Å². The Labute approximate surface area is 81.2 Å². The van der Waals surface area contributed by atoms with Gasteiger partial charge in [-0.2, -0.15) is 0 Å². The second-order valence-corrected chi connectivity index (χ2v) is 4.58. The van der Waals surface area contributed by atoms with Crippen molar-refractivity contribution in [1.29, 1.82) is 0 Å². The zero-order valence-electron chi connectivity index (χ0n) is 9.09. The zero-order valence-corrected chi connectivity index (χ0v) is 9.09. The van der Waals surface area contributed by atoms with Gasteiger partial charge in [-0.3, -0.25) is 4.98 Å². The quantitative estimate of drug-likeness (QED) is 0.675. The summed E-state index contributed by atoms with van der Waals surface area (Å²) in [6.45, 7) is 8.86. The Morgan fingerprint density at radius 1 is 1.23 bits per heavy atom. The van der Waals surface area contributed by atoms with Gasteiger partial charge in [0.1, 0.15) is 0 Å². The van der Waals surface area contributed by atoms with Gasteiger partial charge in [-0.1, -0.05) is 40.2 Å². The minimum absolute atomic E-state index is 0.219. The molecule has 72 valence electrons. The van der Waals surface area contributed by atoms with Crippen molar-refractivity contribution in [3.05, 3.63) is 29.6 Å². The molecule has 1 rings (SSSR count). The first-order valence-corrected chi connectivity index (χ1v) is 4.98. The van der Waals surface area contributed by atoms with Crippen LogP contribution in [0, 0.1) is 0 Å². The average molecular weight is 177 g/mol. The van der Waals surface area contributed by atoms with Crippen LogP contribution in [0.4, 0.5) is 0 Å². The van der Waals surface area contributed by atoms with Crippen molar-refractivity contribution in [1.82, 2.24) is 4.98 Å². The first-order chi connectivity index (χ1) is 6.04. The molecule has 0 N–H and O–H groups in total. The molecule has 0 unspecified atom stereocenters. The number of aromatic nitrogens is 1. The summed E-state index contributed by atoms with van der Waals surface area (Å²) in [5, 5.41) is 0. The topological polar surface area (TPSA) is 12.9 Å². The smallest absolute Gasteiger partial charge is 0.0305 e. The largest absolute Gasteiger partial charge is 0.264 e. The Kier molecular flexibility index (Phi) is 3.07. The fraction of sp³-hybridized carbons (Fsp3) is 0.583. The summed E-state index contributed by atoms with van der Waals surface area (Å²) in [5.74, 6) is 0. The monoisotopic (exact) mass is 177 g/mol. The molecule has 13 heavy (non-hydrogen) atoms. The highest BCUT2D eigenvalue weighted by Crippen LogP contribution is 2.22. The molecule has 0 aliphatic rings. The van der Waals surface area contributed by atoms with Gasteiger partial charge in [0.15, 0.2) is 0 Å². The van der Waals surface area contributed by atoms with E-state index in [1.54, 1.807) is 0 Å². The van der Waals surface area contributed by atoms with Gasteiger partial charge in [-0.25, -0.2) is 0 Å². The third-order valence-electron chi connectivity index (χ3n) is 2.20. The summed E-state index contributed by atoms with van der Waals surface area (Å²) in [5.41, 5.74) is 2.91. The summed E-state index contributed by atoms with van der Waals surface area (Å²) < 4.78 is 0. The summed E-state index contributed by atoms with van der Waals surface area (Å²) in [7, 11) is 0. The minimum atomic E-state index is 0.219. The predicted octanol–water partition coefficient (Wildman–Crippen LogP) is 3.33. The molecule has 0 saturated heterocycles. The number of rotatable bonds is 2. The number of hydrogen-bond acceptors (Lipinski definition) is 1. The van der Waals surface area contributed by atoms with Gasteiger partial charge >= 0.3 is 0 Å². The van der Waals surface area contributed by atoms with Crippen molar-refractivity contribution >= 4 is 0 Å². The van der Waals surface area contributed by atoms with Crippen LogP contribution in [0.3, 0.4) is 0 Å². The average Bonchev–Trinajstić information content (AvgIpc) is 2.04. The maximum atomic E-state index is 4.27. The number of hydrogen-bond donors (Lipinski definition) is 0. The predicted molar refractivity (Wildman–Crippen MR) is 56.9 cm³/mol. The van der Waals surface area contributed by atoms with E-state index in [1.165, 1.54) is 17.5 Å². The van der Waals surface area contributed by atoms with E-state index in [1.807, 2.05) is 12.4 Å². The van der Waals surface area contributed by atoms with Crippen molar-refractivity contribution in [2.45, 2.75) is 46.0 Å². The Hall–Kier alpha value is -0.850. The number of nitrogens with zero attached hydrogens (tertiary/aromatic N) is 1. The normalized spacial score (nSPS) is 11.7. The third-order valence-corrected chi connectivity index (χ3v) is 2.20. The van der Waals surface area contributed by atoms with Crippen LogP contribution in [0.2, 0.25) is 0 Å². The van der Waals surface area contributed by atoms with Crippen molar-refractivity contribution in [2.75, 3.05) is 0 Å². The third kappa shape index (κ3) is 2.83. The van der Waals surface area contributed by atoms with Crippen LogP contribution in [-0.4, -0.2) is 4.98 Å². The van der Waals surface area contributed by atoms with E-state index in [9.17, 15) is 0 Å². The SMILES string of the molecule is CCCc1cncc(C(C)(C)C)c1. The lowest BCUT2D eigenvalue weighted by molar-refractivity contribution is 0.586. The van der Waals surface area contributed by atoms with Crippen LogP contribution in [0.5, 0.6) is 0 Å². The molecule has 1 heterocycles. The minimum Gasteiger partial charge on any atom is -0.264 e. The van der Waals surface area contributed by atoms with Crippen molar-refractivity contribution in [2.24, 2.45) is 0 Å². The molecule has 1 nitrogen and oxygen atoms in total. The van der Waals surface area contributed by atoms with Crippen LogP contribution in [0.15, 0.2) is 18.5 Å². The lowest BCUT2D eigenvalue weighted by Crippen LogP contribution is -2.11. The van der Waals surface area contributed by atoms with E-state index in [0.717, 1.165) is 6.42 Å². The Bertz CT molecular complexity index is 271. The van der Waals surface area contributed by atoms with E-state index in [4.69, 9.17) is 0 Å². The lowest BCUT2D eigenvalue weighted by atomic mass is 9.87. The molecule has 0 atom stereocenters. The Morgan fingerprint density at radius 2 is 1.92 bits per heavy atom. The van der Waals surface area contributed by atoms with Gasteiger partial charge in [0.25, 0.3) is 0 Å². The molecule has 0 saturated carbocycles. The standard InChI is InChI=1S/C12H19N/c1-5-6-10-7-11(9-13-8-10)12(2,3)4/h7-9H,5-6H2,1-4H3. The number of pyridine rings is 1. The van der Waals surface area contributed by atoms with Gasteiger partial charge in [0.05, 0.1) is 0 Å². The highest BCUT2D eigenvalue weighted by molar-refractivity contribution is 5.24. The fourth-order valence-electron chi connectivity index (χ4n) is 1.32. The number of aryl methyl sites for hydroxylation is 1. The molecule has 0 aliphatic heterocycles. The molecule has 0 radical (unpaired) electrons. The zero-order chi connectivity index (χ0) is 9.90. The van der Waals surface area contributed by atoms with Crippen LogP contribution in [0.1, 0.15) is 45.2 Å². The van der Waals surface area contributed by atoms with E-state index >= 15 is 0 Å². The van der Waals surface area contributed by atoms with Crippen molar-refractivity contribution in [3.8, 4) is 0 Å². The molecule has 0 amide bonds. The van der Waals surface area contributed by atoms with Crippen molar-refractivity contribution in [3.63, 3.8) is 0 Å². The molecular formula is C12H19N. The van der Waals surface area contributed by atoms with Gasteiger partial charge in [-0.15, -0.1) is 0 Å². The van der Waals surface area contributed by atoms with Crippen LogP contribution >= 0.6 is 0 Å². The molecule has 1 aromatic rings. The molecule has 1 aromatic heterocycles. The maximum absolute atomic E-state index is 4.27. The van der Waals surface area contributed by atoms with E-state index in [0.29, 0.717) is 0 Å². The molecule has 0 aromatic carbocycles. The first-order valence-electron chi connectivity index (χ1n) is 4.98. The van der Waals surface area contributed by atoms with E-state index < -0.39 is 0 Å². The molecule has 1 heteroatoms. The van der Waals surface area contributed by atoms with E-state index in [-0.39, 0.29) is 5.41 Å².